The highest BCUT2D eigenvalue weighted by atomic mass is 16.5. The van der Waals surface area contributed by atoms with E-state index in [9.17, 15) is 9.59 Å². The van der Waals surface area contributed by atoms with Gasteiger partial charge in [0.05, 0.1) is 24.0 Å². The molecule has 9 heteroatoms. The van der Waals surface area contributed by atoms with E-state index in [2.05, 4.69) is 17.2 Å². The van der Waals surface area contributed by atoms with Gasteiger partial charge in [0.15, 0.2) is 0 Å². The maximum absolute atomic E-state index is 13.4. The molecular formula is C27H31N5O4. The minimum absolute atomic E-state index is 0.0810. The predicted molar refractivity (Wildman–Crippen MR) is 133 cm³/mol. The van der Waals surface area contributed by atoms with Crippen molar-refractivity contribution in [2.24, 2.45) is 5.41 Å². The number of carbonyl (C=O) groups is 1. The number of hydrogen-bond donors (Lipinski definition) is 1. The highest BCUT2D eigenvalue weighted by Gasteiger charge is 2.64. The molecule has 0 radical (unpaired) electrons. The summed E-state index contributed by atoms with van der Waals surface area (Å²) in [6.45, 7) is 6.59. The van der Waals surface area contributed by atoms with Crippen molar-refractivity contribution in [3.8, 4) is 5.88 Å². The summed E-state index contributed by atoms with van der Waals surface area (Å²) in [6, 6.07) is 3.72. The zero-order valence-electron chi connectivity index (χ0n) is 20.9. The first kappa shape index (κ1) is 22.0. The van der Waals surface area contributed by atoms with Gasteiger partial charge in [0.25, 0.3) is 11.5 Å². The van der Waals surface area contributed by atoms with Crippen LogP contribution in [0.3, 0.4) is 0 Å². The molecule has 3 atom stereocenters. The van der Waals surface area contributed by atoms with E-state index < -0.39 is 5.91 Å². The van der Waals surface area contributed by atoms with E-state index >= 15 is 0 Å². The van der Waals surface area contributed by atoms with Crippen molar-refractivity contribution < 1.29 is 14.3 Å². The lowest BCUT2D eigenvalue weighted by Gasteiger charge is -2.24. The smallest absolute Gasteiger partial charge is 0.274 e. The SMILES string of the molecule is CC(C)Oc1nc2nc([C@]34CC[C@](C)(C3)OC4)cn2cc1C(=O)Nc1cccn(C2CC23CC3)c1=O. The van der Waals surface area contributed by atoms with Gasteiger partial charge in [-0.25, -0.2) is 4.98 Å². The van der Waals surface area contributed by atoms with Crippen molar-refractivity contribution in [2.75, 3.05) is 11.9 Å². The number of fused-ring (bicyclic) bond motifs is 3. The van der Waals surface area contributed by atoms with Gasteiger partial charge < -0.3 is 19.4 Å². The normalized spacial score (nSPS) is 29.3. The third-order valence-electron chi connectivity index (χ3n) is 8.69. The molecule has 7 rings (SSSR count). The number of nitrogens with zero attached hydrogens (tertiary/aromatic N) is 4. The molecule has 1 aliphatic heterocycles. The zero-order chi connectivity index (χ0) is 24.9. The van der Waals surface area contributed by atoms with E-state index in [1.165, 1.54) is 12.8 Å². The number of carbonyl (C=O) groups excluding carboxylic acids is 1. The predicted octanol–water partition coefficient (Wildman–Crippen LogP) is 3.87. The van der Waals surface area contributed by atoms with Gasteiger partial charge in [-0.15, -0.1) is 0 Å². The second-order valence-corrected chi connectivity index (χ2v) is 11.8. The number of hydrogen-bond acceptors (Lipinski definition) is 6. The second-order valence-electron chi connectivity index (χ2n) is 11.8. The van der Waals surface area contributed by atoms with Crippen molar-refractivity contribution in [3.05, 3.63) is 52.3 Å². The van der Waals surface area contributed by atoms with Crippen LogP contribution in [0.15, 0.2) is 35.5 Å². The topological polar surface area (TPSA) is 99.8 Å². The minimum Gasteiger partial charge on any atom is -0.474 e. The van der Waals surface area contributed by atoms with E-state index in [0.717, 1.165) is 31.4 Å². The molecule has 1 saturated heterocycles. The molecule has 188 valence electrons. The second kappa shape index (κ2) is 7.18. The van der Waals surface area contributed by atoms with Crippen LogP contribution in [0.2, 0.25) is 0 Å². The van der Waals surface area contributed by atoms with E-state index in [0.29, 0.717) is 17.8 Å². The Morgan fingerprint density at radius 3 is 2.69 bits per heavy atom. The van der Waals surface area contributed by atoms with Gasteiger partial charge in [-0.05, 0) is 76.8 Å². The number of ether oxygens (including phenoxy) is 2. The summed E-state index contributed by atoms with van der Waals surface area (Å²) in [5, 5.41) is 2.82. The fourth-order valence-corrected chi connectivity index (χ4v) is 6.34. The number of aromatic nitrogens is 4. The molecular weight excluding hydrogens is 458 g/mol. The van der Waals surface area contributed by atoms with Gasteiger partial charge in [-0.1, -0.05) is 0 Å². The fraction of sp³-hybridized carbons (Fsp3) is 0.556. The number of rotatable bonds is 6. The van der Waals surface area contributed by atoms with Crippen LogP contribution >= 0.6 is 0 Å². The summed E-state index contributed by atoms with van der Waals surface area (Å²) in [4.78, 5) is 36.0. The highest BCUT2D eigenvalue weighted by molar-refractivity contribution is 6.05. The van der Waals surface area contributed by atoms with Gasteiger partial charge >= 0.3 is 0 Å². The van der Waals surface area contributed by atoms with Crippen LogP contribution in [0.4, 0.5) is 5.69 Å². The first-order valence-corrected chi connectivity index (χ1v) is 12.9. The third-order valence-corrected chi connectivity index (χ3v) is 8.69. The number of nitrogens with one attached hydrogen (secondary N) is 1. The van der Waals surface area contributed by atoms with E-state index in [4.69, 9.17) is 14.5 Å². The van der Waals surface area contributed by atoms with E-state index in [1.807, 2.05) is 32.3 Å². The van der Waals surface area contributed by atoms with Gasteiger partial charge in [0.2, 0.25) is 11.7 Å². The quantitative estimate of drug-likeness (QED) is 0.564. The molecule has 4 fully saturated rings. The number of anilines is 1. The highest BCUT2D eigenvalue weighted by Crippen LogP contribution is 2.72. The first-order chi connectivity index (χ1) is 17.2. The minimum atomic E-state index is -0.433. The zero-order valence-corrected chi connectivity index (χ0v) is 20.9. The average molecular weight is 490 g/mol. The standard InChI is InChI=1S/C27H31N5O4/c1-16(2)36-22-17(21(33)28-18-5-4-10-32(23(18)34)20-11-26(20)8-9-26)12-31-13-19(29-24(31)30-22)27-7-6-25(3,14-27)35-15-27/h4-5,10,12-13,16,20H,6-9,11,14-15H2,1-3H3,(H,28,33)/t20?,25-,27-/m1/s1. The molecule has 1 N–H and O–H groups in total. The van der Waals surface area contributed by atoms with Gasteiger partial charge in [-0.3, -0.25) is 14.0 Å². The van der Waals surface area contributed by atoms with Crippen molar-refractivity contribution in [1.29, 1.82) is 0 Å². The van der Waals surface area contributed by atoms with Crippen LogP contribution in [0.25, 0.3) is 5.78 Å². The Morgan fingerprint density at radius 1 is 1.22 bits per heavy atom. The molecule has 0 aromatic carbocycles. The fourth-order valence-electron chi connectivity index (χ4n) is 6.34. The molecule has 4 heterocycles. The summed E-state index contributed by atoms with van der Waals surface area (Å²) in [7, 11) is 0. The maximum atomic E-state index is 13.4. The summed E-state index contributed by atoms with van der Waals surface area (Å²) < 4.78 is 15.5. The molecule has 36 heavy (non-hydrogen) atoms. The molecule has 2 bridgehead atoms. The largest absolute Gasteiger partial charge is 0.474 e. The van der Waals surface area contributed by atoms with Gasteiger partial charge in [-0.2, -0.15) is 4.98 Å². The lowest BCUT2D eigenvalue weighted by Crippen LogP contribution is -2.26. The average Bonchev–Trinajstić information content (AvgIpc) is 3.61. The van der Waals surface area contributed by atoms with Crippen LogP contribution in [-0.4, -0.2) is 43.2 Å². The Bertz CT molecular complexity index is 1460. The van der Waals surface area contributed by atoms with E-state index in [1.54, 1.807) is 21.2 Å². The van der Waals surface area contributed by atoms with Crippen molar-refractivity contribution in [3.63, 3.8) is 0 Å². The molecule has 4 aliphatic rings. The molecule has 9 nitrogen and oxygen atoms in total. The Hall–Kier alpha value is -3.20. The van der Waals surface area contributed by atoms with Gasteiger partial charge in [0.1, 0.15) is 11.3 Å². The van der Waals surface area contributed by atoms with Crippen molar-refractivity contribution in [1.82, 2.24) is 18.9 Å². The Morgan fingerprint density at radius 2 is 2.06 bits per heavy atom. The summed E-state index contributed by atoms with van der Waals surface area (Å²) in [6.07, 6.45) is 11.7. The molecule has 3 saturated carbocycles. The van der Waals surface area contributed by atoms with Crippen molar-refractivity contribution >= 4 is 17.4 Å². The van der Waals surface area contributed by atoms with Gasteiger partial charge in [0, 0.05) is 30.0 Å². The van der Waals surface area contributed by atoms with Crippen LogP contribution in [0.1, 0.15) is 81.4 Å². The Labute approximate surface area is 208 Å². The number of imidazole rings is 1. The molecule has 3 aliphatic carbocycles. The Balaban J connectivity index is 1.23. The van der Waals surface area contributed by atoms with Crippen LogP contribution < -0.4 is 15.6 Å². The molecule has 1 amide bonds. The molecule has 1 spiro atoms. The summed E-state index contributed by atoms with van der Waals surface area (Å²) in [5.41, 5.74) is 1.43. The number of pyridine rings is 1. The molecule has 3 aromatic rings. The lowest BCUT2D eigenvalue weighted by molar-refractivity contribution is -0.00627. The Kier molecular flexibility index (Phi) is 4.40. The summed E-state index contributed by atoms with van der Waals surface area (Å²) >= 11 is 0. The van der Waals surface area contributed by atoms with Crippen molar-refractivity contribution in [2.45, 2.75) is 82.5 Å². The lowest BCUT2D eigenvalue weighted by atomic mass is 9.84. The van der Waals surface area contributed by atoms with Crippen LogP contribution in [0.5, 0.6) is 5.88 Å². The molecule has 3 aromatic heterocycles. The van der Waals surface area contributed by atoms with Crippen LogP contribution in [0, 0.1) is 5.41 Å². The maximum Gasteiger partial charge on any atom is 0.274 e. The van der Waals surface area contributed by atoms with E-state index in [-0.39, 0.29) is 45.9 Å². The number of amides is 1. The first-order valence-electron chi connectivity index (χ1n) is 12.9. The molecule has 1 unspecified atom stereocenters. The van der Waals surface area contributed by atoms with Crippen LogP contribution in [-0.2, 0) is 10.2 Å². The third kappa shape index (κ3) is 3.32. The summed E-state index contributed by atoms with van der Waals surface area (Å²) in [5.74, 6) is 0.259. The monoisotopic (exact) mass is 489 g/mol.